The number of Topliss-reactive ketones (excluding diaryl/α,β-unsaturated/α-hetero) is 1. The smallest absolute Gasteiger partial charge is 0.195 e. The van der Waals surface area contributed by atoms with E-state index in [1.807, 2.05) is 6.07 Å². The van der Waals surface area contributed by atoms with Crippen molar-refractivity contribution in [1.82, 2.24) is 0 Å². The largest absolute Gasteiger partial charge is 0.493 e. The molecule has 0 aromatic heterocycles. The zero-order chi connectivity index (χ0) is 17.8. The Morgan fingerprint density at radius 3 is 2.52 bits per heavy atom. The van der Waals surface area contributed by atoms with Crippen LogP contribution in [0.4, 0.5) is 0 Å². The summed E-state index contributed by atoms with van der Waals surface area (Å²) < 4.78 is 11.2. The summed E-state index contributed by atoms with van der Waals surface area (Å²) in [6.07, 6.45) is 0.476. The molecule has 1 unspecified atom stereocenters. The van der Waals surface area contributed by atoms with E-state index in [4.69, 9.17) is 9.47 Å². The van der Waals surface area contributed by atoms with Crippen LogP contribution in [-0.2, 0) is 0 Å². The fraction of sp³-hybridized carbons (Fsp3) is 0.350. The molecule has 1 saturated carbocycles. The monoisotopic (exact) mass is 342 g/mol. The summed E-state index contributed by atoms with van der Waals surface area (Å²) in [6.45, 7) is 0. The highest BCUT2D eigenvalue weighted by Gasteiger charge is 2.28. The molecule has 132 valence electrons. The number of carbonyl (C=O) groups excluding carboxylic acids is 1. The van der Waals surface area contributed by atoms with Crippen LogP contribution >= 0.6 is 0 Å². The molecule has 0 amide bonds. The Morgan fingerprint density at radius 2 is 1.88 bits per heavy atom. The number of rotatable bonds is 6. The number of aliphatic hydroxyl groups is 2. The minimum Gasteiger partial charge on any atom is -0.493 e. The van der Waals surface area contributed by atoms with Gasteiger partial charge in [-0.1, -0.05) is 30.3 Å². The van der Waals surface area contributed by atoms with Crippen molar-refractivity contribution in [1.29, 1.82) is 0 Å². The zero-order valence-corrected chi connectivity index (χ0v) is 14.1. The molecular weight excluding hydrogens is 320 g/mol. The first-order valence-electron chi connectivity index (χ1n) is 8.40. The quantitative estimate of drug-likeness (QED) is 0.790. The molecule has 0 saturated heterocycles. The lowest BCUT2D eigenvalue weighted by molar-refractivity contribution is 0.0585. The molecule has 1 aliphatic rings. The van der Waals surface area contributed by atoms with Crippen LogP contribution in [0.1, 0.15) is 41.3 Å². The molecule has 0 aliphatic heterocycles. The third-order valence-electron chi connectivity index (χ3n) is 4.51. The van der Waals surface area contributed by atoms with E-state index >= 15 is 0 Å². The van der Waals surface area contributed by atoms with E-state index in [1.165, 1.54) is 7.11 Å². The van der Waals surface area contributed by atoms with Crippen LogP contribution in [-0.4, -0.2) is 35.3 Å². The number of methoxy groups -OCH3 is 1. The molecule has 2 aromatic rings. The Hall–Kier alpha value is -2.37. The highest BCUT2D eigenvalue weighted by molar-refractivity contribution is 6.00. The van der Waals surface area contributed by atoms with Gasteiger partial charge in [-0.2, -0.15) is 0 Å². The number of ether oxygens (including phenoxy) is 2. The van der Waals surface area contributed by atoms with Crippen LogP contribution in [0.25, 0.3) is 0 Å². The third kappa shape index (κ3) is 3.83. The highest BCUT2D eigenvalue weighted by atomic mass is 16.5. The molecule has 1 aliphatic carbocycles. The number of ketones is 1. The lowest BCUT2D eigenvalue weighted by atomic mass is 10.00. The number of hydrogen-bond donors (Lipinski definition) is 2. The van der Waals surface area contributed by atoms with Gasteiger partial charge >= 0.3 is 0 Å². The van der Waals surface area contributed by atoms with Crippen LogP contribution in [0.15, 0.2) is 48.5 Å². The molecule has 5 heteroatoms. The predicted molar refractivity (Wildman–Crippen MR) is 93.0 cm³/mol. The number of carbonyl (C=O) groups is 1. The van der Waals surface area contributed by atoms with Gasteiger partial charge in [-0.15, -0.1) is 0 Å². The fourth-order valence-electron chi connectivity index (χ4n) is 3.07. The van der Waals surface area contributed by atoms with Gasteiger partial charge in [0.2, 0.25) is 0 Å². The minimum absolute atomic E-state index is 0.259. The minimum atomic E-state index is -1.23. The van der Waals surface area contributed by atoms with Gasteiger partial charge in [0.1, 0.15) is 12.2 Å². The lowest BCUT2D eigenvalue weighted by Crippen LogP contribution is -2.25. The maximum atomic E-state index is 12.5. The van der Waals surface area contributed by atoms with Crippen LogP contribution in [0.5, 0.6) is 11.5 Å². The van der Waals surface area contributed by atoms with Crippen molar-refractivity contribution in [2.75, 3.05) is 7.11 Å². The maximum Gasteiger partial charge on any atom is 0.195 e. The molecular formula is C20H22O5. The first-order valence-corrected chi connectivity index (χ1v) is 8.40. The van der Waals surface area contributed by atoms with Gasteiger partial charge < -0.3 is 19.7 Å². The standard InChI is InChI=1S/C20H22O5/c1-24-18-12-14(20(23)19(22)13-6-3-2-4-7-13)10-11-17(18)25-16-9-5-8-15(16)21/h2-4,6-7,10-12,15-16,19,21-22H,5,8-9H2,1H3/t15-,16-,19?/m1/s1. The van der Waals surface area contributed by atoms with Gasteiger partial charge in [-0.3, -0.25) is 4.79 Å². The summed E-state index contributed by atoms with van der Waals surface area (Å²) in [5.41, 5.74) is 0.883. The number of hydrogen-bond acceptors (Lipinski definition) is 5. The van der Waals surface area contributed by atoms with Crippen LogP contribution < -0.4 is 9.47 Å². The van der Waals surface area contributed by atoms with Crippen molar-refractivity contribution in [2.24, 2.45) is 0 Å². The summed E-state index contributed by atoms with van der Waals surface area (Å²) in [4.78, 5) is 12.5. The number of aliphatic hydroxyl groups excluding tert-OH is 2. The molecule has 5 nitrogen and oxygen atoms in total. The molecule has 0 radical (unpaired) electrons. The van der Waals surface area contributed by atoms with Crippen molar-refractivity contribution < 1.29 is 24.5 Å². The zero-order valence-electron chi connectivity index (χ0n) is 14.1. The van der Waals surface area contributed by atoms with E-state index < -0.39 is 18.0 Å². The van der Waals surface area contributed by atoms with Gasteiger partial charge in [0.25, 0.3) is 0 Å². The van der Waals surface area contributed by atoms with Gasteiger partial charge in [-0.05, 0) is 43.0 Å². The molecule has 2 N–H and O–H groups in total. The van der Waals surface area contributed by atoms with Crippen LogP contribution in [0.2, 0.25) is 0 Å². The first kappa shape index (κ1) is 17.5. The molecule has 3 atom stereocenters. The van der Waals surface area contributed by atoms with Crippen LogP contribution in [0, 0.1) is 0 Å². The highest BCUT2D eigenvalue weighted by Crippen LogP contribution is 2.33. The van der Waals surface area contributed by atoms with Crippen molar-refractivity contribution in [3.05, 3.63) is 59.7 Å². The van der Waals surface area contributed by atoms with Crippen LogP contribution in [0.3, 0.4) is 0 Å². The normalized spacial score (nSPS) is 20.9. The van der Waals surface area contributed by atoms with Crippen molar-refractivity contribution in [3.8, 4) is 11.5 Å². The molecule has 0 heterocycles. The predicted octanol–water partition coefficient (Wildman–Crippen LogP) is 2.90. The van der Waals surface area contributed by atoms with Gasteiger partial charge in [-0.25, -0.2) is 0 Å². The van der Waals surface area contributed by atoms with Crippen molar-refractivity contribution >= 4 is 5.78 Å². The molecule has 0 bridgehead atoms. The second-order valence-electron chi connectivity index (χ2n) is 6.20. The fourth-order valence-corrected chi connectivity index (χ4v) is 3.07. The van der Waals surface area contributed by atoms with Crippen molar-refractivity contribution in [2.45, 2.75) is 37.6 Å². The van der Waals surface area contributed by atoms with Crippen molar-refractivity contribution in [3.63, 3.8) is 0 Å². The SMILES string of the molecule is COc1cc(C(=O)C(O)c2ccccc2)ccc1O[C@@H]1CCC[C@H]1O. The second kappa shape index (κ2) is 7.68. The van der Waals surface area contributed by atoms with Gasteiger partial charge in [0, 0.05) is 5.56 Å². The van der Waals surface area contributed by atoms with E-state index in [2.05, 4.69) is 0 Å². The van der Waals surface area contributed by atoms with Gasteiger partial charge in [0.15, 0.2) is 17.3 Å². The average molecular weight is 342 g/mol. The Labute approximate surface area is 146 Å². The first-order chi connectivity index (χ1) is 12.1. The summed E-state index contributed by atoms with van der Waals surface area (Å²) in [5.74, 6) is 0.487. The van der Waals surface area contributed by atoms with Gasteiger partial charge in [0.05, 0.1) is 13.2 Å². The maximum absolute atomic E-state index is 12.5. The van der Waals surface area contributed by atoms with E-state index in [1.54, 1.807) is 42.5 Å². The Kier molecular flexibility index (Phi) is 5.36. The number of benzene rings is 2. The average Bonchev–Trinajstić information content (AvgIpc) is 3.06. The lowest BCUT2D eigenvalue weighted by Gasteiger charge is -2.19. The topological polar surface area (TPSA) is 76.0 Å². The Balaban J connectivity index is 1.80. The summed E-state index contributed by atoms with van der Waals surface area (Å²) in [6, 6.07) is 13.6. The second-order valence-corrected chi connectivity index (χ2v) is 6.20. The van der Waals surface area contributed by atoms with E-state index in [9.17, 15) is 15.0 Å². The summed E-state index contributed by atoms with van der Waals surface area (Å²) >= 11 is 0. The van der Waals surface area contributed by atoms with E-state index in [0.29, 0.717) is 22.6 Å². The Morgan fingerprint density at radius 1 is 1.12 bits per heavy atom. The molecule has 1 fully saturated rings. The van der Waals surface area contributed by atoms with E-state index in [-0.39, 0.29) is 6.10 Å². The molecule has 25 heavy (non-hydrogen) atoms. The van der Waals surface area contributed by atoms with E-state index in [0.717, 1.165) is 19.3 Å². The summed E-state index contributed by atoms with van der Waals surface area (Å²) in [7, 11) is 1.50. The third-order valence-corrected chi connectivity index (χ3v) is 4.51. The summed E-state index contributed by atoms with van der Waals surface area (Å²) in [5, 5.41) is 20.2. The molecule has 0 spiro atoms. The molecule has 2 aromatic carbocycles. The Bertz CT molecular complexity index is 728. The molecule has 3 rings (SSSR count).